The van der Waals surface area contributed by atoms with E-state index in [-0.39, 0.29) is 5.56 Å². The van der Waals surface area contributed by atoms with Crippen molar-refractivity contribution in [3.05, 3.63) is 68.7 Å². The van der Waals surface area contributed by atoms with Crippen LogP contribution in [0.4, 0.5) is 8.78 Å². The van der Waals surface area contributed by atoms with Crippen LogP contribution in [0.3, 0.4) is 0 Å². The Bertz CT molecular complexity index is 613. The van der Waals surface area contributed by atoms with Gasteiger partial charge in [0.1, 0.15) is 11.6 Å². The molecule has 0 heterocycles. The second-order valence-electron chi connectivity index (χ2n) is 4.70. The maximum Gasteiger partial charge on any atom is 0.131 e. The smallest absolute Gasteiger partial charge is 0.131 e. The van der Waals surface area contributed by atoms with Gasteiger partial charge in [-0.15, -0.1) is 0 Å². The molecule has 0 spiro atoms. The summed E-state index contributed by atoms with van der Waals surface area (Å²) in [5.41, 5.74) is 0.781. The highest BCUT2D eigenvalue weighted by atomic mass is 79.9. The number of nitrogens with one attached hydrogen (secondary N) is 1. The molecule has 1 nitrogen and oxygen atoms in total. The summed E-state index contributed by atoms with van der Waals surface area (Å²) >= 11 is 9.33. The molecule has 1 atom stereocenters. The highest BCUT2D eigenvalue weighted by molar-refractivity contribution is 9.10. The van der Waals surface area contributed by atoms with Crippen LogP contribution in [0.1, 0.15) is 30.5 Å². The predicted molar refractivity (Wildman–Crippen MR) is 85.6 cm³/mol. The first-order valence-corrected chi connectivity index (χ1v) is 7.84. The molecule has 1 N–H and O–H groups in total. The van der Waals surface area contributed by atoms with Crippen molar-refractivity contribution in [2.24, 2.45) is 0 Å². The summed E-state index contributed by atoms with van der Waals surface area (Å²) in [7, 11) is 0. The molecule has 0 fully saturated rings. The van der Waals surface area contributed by atoms with Crippen molar-refractivity contribution < 1.29 is 8.78 Å². The van der Waals surface area contributed by atoms with Gasteiger partial charge in [-0.3, -0.25) is 0 Å². The minimum atomic E-state index is -0.560. The Morgan fingerprint density at radius 1 is 1.19 bits per heavy atom. The third-order valence-electron chi connectivity index (χ3n) is 3.16. The quantitative estimate of drug-likeness (QED) is 0.732. The Hall–Kier alpha value is -0.970. The highest BCUT2D eigenvalue weighted by Gasteiger charge is 2.21. The Morgan fingerprint density at radius 3 is 2.43 bits per heavy atom. The monoisotopic (exact) mass is 373 g/mol. The van der Waals surface area contributed by atoms with Crippen molar-refractivity contribution in [3.8, 4) is 0 Å². The molecular weight excluding hydrogens is 360 g/mol. The molecule has 0 saturated carbocycles. The van der Waals surface area contributed by atoms with Crippen LogP contribution in [-0.2, 0) is 0 Å². The highest BCUT2D eigenvalue weighted by Crippen LogP contribution is 2.31. The molecule has 0 aliphatic carbocycles. The van der Waals surface area contributed by atoms with Gasteiger partial charge in [-0.1, -0.05) is 30.7 Å². The third-order valence-corrected chi connectivity index (χ3v) is 4.38. The van der Waals surface area contributed by atoms with Crippen LogP contribution in [0.2, 0.25) is 5.02 Å². The molecule has 0 bridgehead atoms. The van der Waals surface area contributed by atoms with Gasteiger partial charge in [-0.25, -0.2) is 8.78 Å². The minimum Gasteiger partial charge on any atom is -0.306 e. The first kappa shape index (κ1) is 16.4. The van der Waals surface area contributed by atoms with Crippen molar-refractivity contribution in [2.75, 3.05) is 6.54 Å². The van der Waals surface area contributed by atoms with Crippen molar-refractivity contribution >= 4 is 27.5 Å². The average molecular weight is 375 g/mol. The lowest BCUT2D eigenvalue weighted by Gasteiger charge is -2.21. The summed E-state index contributed by atoms with van der Waals surface area (Å²) in [6, 6.07) is 8.60. The van der Waals surface area contributed by atoms with E-state index in [1.807, 2.05) is 6.92 Å². The van der Waals surface area contributed by atoms with Crippen LogP contribution >= 0.6 is 27.5 Å². The molecule has 0 aliphatic rings. The topological polar surface area (TPSA) is 12.0 Å². The Morgan fingerprint density at radius 2 is 1.86 bits per heavy atom. The van der Waals surface area contributed by atoms with Crippen molar-refractivity contribution in [3.63, 3.8) is 0 Å². The van der Waals surface area contributed by atoms with Gasteiger partial charge in [0.2, 0.25) is 0 Å². The van der Waals surface area contributed by atoms with Gasteiger partial charge in [-0.05, 0) is 58.7 Å². The predicted octanol–water partition coefficient (Wildman–Crippen LogP) is 5.47. The second-order valence-corrected chi connectivity index (χ2v) is 5.96. The molecule has 21 heavy (non-hydrogen) atoms. The lowest BCUT2D eigenvalue weighted by atomic mass is 9.97. The van der Waals surface area contributed by atoms with E-state index >= 15 is 0 Å². The molecule has 2 aromatic carbocycles. The van der Waals surface area contributed by atoms with E-state index in [1.54, 1.807) is 18.2 Å². The summed E-state index contributed by atoms with van der Waals surface area (Å²) in [4.78, 5) is 0. The van der Waals surface area contributed by atoms with Crippen LogP contribution in [0.5, 0.6) is 0 Å². The van der Waals surface area contributed by atoms with Gasteiger partial charge in [0.15, 0.2) is 0 Å². The fraction of sp³-hybridized carbons (Fsp3) is 0.250. The summed E-state index contributed by atoms with van der Waals surface area (Å²) < 4.78 is 28.8. The van der Waals surface area contributed by atoms with Gasteiger partial charge in [-0.2, -0.15) is 0 Å². The fourth-order valence-electron chi connectivity index (χ4n) is 2.15. The van der Waals surface area contributed by atoms with E-state index in [0.717, 1.165) is 12.0 Å². The van der Waals surface area contributed by atoms with Crippen LogP contribution in [0, 0.1) is 11.6 Å². The van der Waals surface area contributed by atoms with Gasteiger partial charge < -0.3 is 5.32 Å². The zero-order valence-corrected chi connectivity index (χ0v) is 13.8. The molecular formula is C16H15BrClF2N. The number of halogens is 4. The Balaban J connectivity index is 2.49. The largest absolute Gasteiger partial charge is 0.306 e. The number of rotatable bonds is 5. The molecule has 2 aromatic rings. The van der Waals surface area contributed by atoms with E-state index in [1.165, 1.54) is 18.2 Å². The summed E-state index contributed by atoms with van der Waals surface area (Å²) in [6.45, 7) is 2.65. The number of hydrogen-bond donors (Lipinski definition) is 1. The van der Waals surface area contributed by atoms with E-state index in [9.17, 15) is 8.78 Å². The first-order valence-electron chi connectivity index (χ1n) is 6.66. The average Bonchev–Trinajstić information content (AvgIpc) is 2.45. The van der Waals surface area contributed by atoms with Gasteiger partial charge >= 0.3 is 0 Å². The van der Waals surface area contributed by atoms with E-state index in [2.05, 4.69) is 21.2 Å². The standard InChI is InChI=1S/C16H15BrClF2N/c1-2-8-21-16(10-6-7-12(18)11(17)9-10)15-13(19)4-3-5-14(15)20/h3-7,9,16,21H,2,8H2,1H3. The molecule has 1 unspecified atom stereocenters. The second kappa shape index (κ2) is 7.34. The van der Waals surface area contributed by atoms with Crippen LogP contribution in [0.15, 0.2) is 40.9 Å². The van der Waals surface area contributed by atoms with Gasteiger partial charge in [0, 0.05) is 10.0 Å². The van der Waals surface area contributed by atoms with Crippen LogP contribution < -0.4 is 5.32 Å². The first-order chi connectivity index (χ1) is 10.0. The number of benzene rings is 2. The van der Waals surface area contributed by atoms with Gasteiger partial charge in [0.25, 0.3) is 0 Å². The summed E-state index contributed by atoms with van der Waals surface area (Å²) in [5.74, 6) is -1.12. The van der Waals surface area contributed by atoms with Gasteiger partial charge in [0.05, 0.1) is 11.1 Å². The summed E-state index contributed by atoms with van der Waals surface area (Å²) in [6.07, 6.45) is 0.862. The van der Waals surface area contributed by atoms with Crippen molar-refractivity contribution in [2.45, 2.75) is 19.4 Å². The lowest BCUT2D eigenvalue weighted by molar-refractivity contribution is 0.503. The number of hydrogen-bond acceptors (Lipinski definition) is 1. The Labute approximate surface area is 136 Å². The molecule has 2 rings (SSSR count). The molecule has 0 amide bonds. The molecule has 5 heteroatoms. The van der Waals surface area contributed by atoms with E-state index in [0.29, 0.717) is 16.0 Å². The fourth-order valence-corrected chi connectivity index (χ4v) is 2.67. The molecule has 0 aromatic heterocycles. The third kappa shape index (κ3) is 3.82. The molecule has 0 aliphatic heterocycles. The van der Waals surface area contributed by atoms with E-state index in [4.69, 9.17) is 11.6 Å². The zero-order valence-electron chi connectivity index (χ0n) is 11.5. The van der Waals surface area contributed by atoms with Crippen molar-refractivity contribution in [1.29, 1.82) is 0 Å². The van der Waals surface area contributed by atoms with Crippen molar-refractivity contribution in [1.82, 2.24) is 5.32 Å². The van der Waals surface area contributed by atoms with Crippen LogP contribution in [0.25, 0.3) is 0 Å². The minimum absolute atomic E-state index is 0.0279. The maximum atomic E-state index is 14.1. The maximum absolute atomic E-state index is 14.1. The summed E-state index contributed by atoms with van der Waals surface area (Å²) in [5, 5.41) is 3.74. The van der Waals surface area contributed by atoms with Crippen LogP contribution in [-0.4, -0.2) is 6.54 Å². The van der Waals surface area contributed by atoms with E-state index < -0.39 is 17.7 Å². The lowest BCUT2D eigenvalue weighted by Crippen LogP contribution is -2.25. The zero-order chi connectivity index (χ0) is 15.4. The molecule has 0 saturated heterocycles. The molecule has 0 radical (unpaired) electrons. The SMILES string of the molecule is CCCNC(c1ccc(Cl)c(Br)c1)c1c(F)cccc1F. The molecule has 112 valence electrons. The normalized spacial score (nSPS) is 12.4. The Kier molecular flexibility index (Phi) is 5.73.